The van der Waals surface area contributed by atoms with Crippen LogP contribution in [0.3, 0.4) is 0 Å². The molecule has 0 aromatic heterocycles. The van der Waals surface area contributed by atoms with Gasteiger partial charge in [-0.3, -0.25) is 0 Å². The van der Waals surface area contributed by atoms with Gasteiger partial charge in [-0.2, -0.15) is 0 Å². The number of anilines is 1. The van der Waals surface area contributed by atoms with Gasteiger partial charge in [0.1, 0.15) is 0 Å². The van der Waals surface area contributed by atoms with E-state index >= 15 is 0 Å². The SMILES string of the molecule is CCC1(C)CN(c2ccc3ccccc3c2)CCCN1. The maximum absolute atomic E-state index is 3.70. The van der Waals surface area contributed by atoms with Crippen molar-refractivity contribution in [2.45, 2.75) is 32.2 Å². The highest BCUT2D eigenvalue weighted by atomic mass is 15.2. The Balaban J connectivity index is 1.92. The molecule has 2 aromatic rings. The molecule has 0 bridgehead atoms. The average molecular weight is 268 g/mol. The predicted molar refractivity (Wildman–Crippen MR) is 87.5 cm³/mol. The van der Waals surface area contributed by atoms with E-state index in [1.807, 2.05) is 0 Å². The Hall–Kier alpha value is -1.54. The van der Waals surface area contributed by atoms with Gasteiger partial charge in [-0.1, -0.05) is 37.3 Å². The lowest BCUT2D eigenvalue weighted by Crippen LogP contribution is -2.48. The molecule has 106 valence electrons. The smallest absolute Gasteiger partial charge is 0.0373 e. The molecule has 1 fully saturated rings. The lowest BCUT2D eigenvalue weighted by Gasteiger charge is -2.34. The molecule has 0 saturated carbocycles. The fourth-order valence-corrected chi connectivity index (χ4v) is 3.05. The molecule has 2 nitrogen and oxygen atoms in total. The molecule has 0 spiro atoms. The zero-order valence-corrected chi connectivity index (χ0v) is 12.5. The Kier molecular flexibility index (Phi) is 3.66. The first-order chi connectivity index (χ1) is 9.70. The maximum atomic E-state index is 3.70. The molecule has 20 heavy (non-hydrogen) atoms. The summed E-state index contributed by atoms with van der Waals surface area (Å²) in [4.78, 5) is 2.54. The summed E-state index contributed by atoms with van der Waals surface area (Å²) in [5.41, 5.74) is 1.58. The van der Waals surface area contributed by atoms with Gasteiger partial charge in [0.15, 0.2) is 0 Å². The van der Waals surface area contributed by atoms with E-state index < -0.39 is 0 Å². The van der Waals surface area contributed by atoms with Gasteiger partial charge < -0.3 is 10.2 Å². The van der Waals surface area contributed by atoms with Gasteiger partial charge in [0, 0.05) is 24.3 Å². The highest BCUT2D eigenvalue weighted by Crippen LogP contribution is 2.25. The van der Waals surface area contributed by atoms with Crippen LogP contribution < -0.4 is 10.2 Å². The summed E-state index contributed by atoms with van der Waals surface area (Å²) in [5, 5.41) is 6.36. The van der Waals surface area contributed by atoms with Gasteiger partial charge in [-0.25, -0.2) is 0 Å². The van der Waals surface area contributed by atoms with Crippen molar-refractivity contribution >= 4 is 16.5 Å². The molecule has 1 heterocycles. The molecular formula is C18H24N2. The van der Waals surface area contributed by atoms with Crippen LogP contribution in [0.2, 0.25) is 0 Å². The molecule has 1 atom stereocenters. The molecule has 2 aromatic carbocycles. The topological polar surface area (TPSA) is 15.3 Å². The molecule has 1 unspecified atom stereocenters. The minimum Gasteiger partial charge on any atom is -0.370 e. The lowest BCUT2D eigenvalue weighted by atomic mass is 9.98. The normalized spacial score (nSPS) is 23.8. The van der Waals surface area contributed by atoms with Crippen LogP contribution in [0.15, 0.2) is 42.5 Å². The number of benzene rings is 2. The molecule has 1 aliphatic rings. The summed E-state index contributed by atoms with van der Waals surface area (Å²) < 4.78 is 0. The Morgan fingerprint density at radius 3 is 2.75 bits per heavy atom. The quantitative estimate of drug-likeness (QED) is 0.891. The van der Waals surface area contributed by atoms with Gasteiger partial charge in [-0.05, 0) is 49.2 Å². The van der Waals surface area contributed by atoms with Crippen LogP contribution in [0, 0.1) is 0 Å². The number of rotatable bonds is 2. The van der Waals surface area contributed by atoms with Crippen LogP contribution in [0.25, 0.3) is 10.8 Å². The van der Waals surface area contributed by atoms with Gasteiger partial charge >= 0.3 is 0 Å². The van der Waals surface area contributed by atoms with Crippen molar-refractivity contribution in [2.24, 2.45) is 0 Å². The first-order valence-electron chi connectivity index (χ1n) is 7.69. The minimum atomic E-state index is 0.224. The Bertz CT molecular complexity index is 593. The van der Waals surface area contributed by atoms with Crippen LogP contribution in [0.4, 0.5) is 5.69 Å². The number of fused-ring (bicyclic) bond motifs is 1. The van der Waals surface area contributed by atoms with Crippen molar-refractivity contribution in [1.29, 1.82) is 0 Å². The summed E-state index contributed by atoms with van der Waals surface area (Å²) in [7, 11) is 0. The number of nitrogens with zero attached hydrogens (tertiary/aromatic N) is 1. The standard InChI is InChI=1S/C18H24N2/c1-3-18(2)14-20(12-6-11-19-18)17-10-9-15-7-4-5-8-16(15)13-17/h4-5,7-10,13,19H,3,6,11-12,14H2,1-2H3. The van der Waals surface area contributed by atoms with Crippen LogP contribution >= 0.6 is 0 Å². The van der Waals surface area contributed by atoms with Gasteiger partial charge in [-0.15, -0.1) is 0 Å². The van der Waals surface area contributed by atoms with Crippen LogP contribution in [0.1, 0.15) is 26.7 Å². The summed E-state index contributed by atoms with van der Waals surface area (Å²) in [5.74, 6) is 0. The van der Waals surface area contributed by atoms with E-state index in [9.17, 15) is 0 Å². The van der Waals surface area contributed by atoms with Crippen molar-refractivity contribution < 1.29 is 0 Å². The van der Waals surface area contributed by atoms with Crippen molar-refractivity contribution in [3.8, 4) is 0 Å². The van der Waals surface area contributed by atoms with Crippen molar-refractivity contribution in [3.63, 3.8) is 0 Å². The fraction of sp³-hybridized carbons (Fsp3) is 0.444. The summed E-state index contributed by atoms with van der Waals surface area (Å²) >= 11 is 0. The molecule has 2 heteroatoms. The lowest BCUT2D eigenvalue weighted by molar-refractivity contribution is 0.366. The Morgan fingerprint density at radius 2 is 1.95 bits per heavy atom. The minimum absolute atomic E-state index is 0.224. The monoisotopic (exact) mass is 268 g/mol. The largest absolute Gasteiger partial charge is 0.370 e. The molecule has 1 N–H and O–H groups in total. The van der Waals surface area contributed by atoms with Crippen LogP contribution in [0.5, 0.6) is 0 Å². The third-order valence-corrected chi connectivity index (χ3v) is 4.57. The third-order valence-electron chi connectivity index (χ3n) is 4.57. The summed E-state index contributed by atoms with van der Waals surface area (Å²) in [6, 6.07) is 15.4. The van der Waals surface area contributed by atoms with Crippen molar-refractivity contribution in [2.75, 3.05) is 24.5 Å². The first-order valence-corrected chi connectivity index (χ1v) is 7.69. The first kappa shape index (κ1) is 13.4. The molecule has 0 aliphatic carbocycles. The van der Waals surface area contributed by atoms with Crippen molar-refractivity contribution in [1.82, 2.24) is 5.32 Å². The van der Waals surface area contributed by atoms with Crippen LogP contribution in [-0.4, -0.2) is 25.2 Å². The molecular weight excluding hydrogens is 244 g/mol. The van der Waals surface area contributed by atoms with E-state index in [-0.39, 0.29) is 5.54 Å². The highest BCUT2D eigenvalue weighted by molar-refractivity contribution is 5.85. The summed E-state index contributed by atoms with van der Waals surface area (Å²) in [6.07, 6.45) is 2.37. The number of hydrogen-bond acceptors (Lipinski definition) is 2. The van der Waals surface area contributed by atoms with E-state index in [2.05, 4.69) is 66.5 Å². The molecule has 3 rings (SSSR count). The van der Waals surface area contributed by atoms with E-state index in [4.69, 9.17) is 0 Å². The molecule has 0 amide bonds. The molecule has 1 aliphatic heterocycles. The fourth-order valence-electron chi connectivity index (χ4n) is 3.05. The average Bonchev–Trinajstić information content (AvgIpc) is 2.69. The Labute approximate surface area is 121 Å². The number of hydrogen-bond donors (Lipinski definition) is 1. The van der Waals surface area contributed by atoms with Gasteiger partial charge in [0.2, 0.25) is 0 Å². The van der Waals surface area contributed by atoms with Gasteiger partial charge in [0.25, 0.3) is 0 Å². The zero-order valence-electron chi connectivity index (χ0n) is 12.5. The van der Waals surface area contributed by atoms with E-state index in [0.29, 0.717) is 0 Å². The second kappa shape index (κ2) is 5.45. The van der Waals surface area contributed by atoms with Gasteiger partial charge in [0.05, 0.1) is 0 Å². The second-order valence-corrected chi connectivity index (χ2v) is 6.15. The highest BCUT2D eigenvalue weighted by Gasteiger charge is 2.27. The van der Waals surface area contributed by atoms with Crippen molar-refractivity contribution in [3.05, 3.63) is 42.5 Å². The third kappa shape index (κ3) is 2.66. The maximum Gasteiger partial charge on any atom is 0.0373 e. The molecule has 0 radical (unpaired) electrons. The predicted octanol–water partition coefficient (Wildman–Crippen LogP) is 3.81. The van der Waals surface area contributed by atoms with E-state index in [1.54, 1.807) is 0 Å². The Morgan fingerprint density at radius 1 is 1.15 bits per heavy atom. The van der Waals surface area contributed by atoms with Crippen LogP contribution in [-0.2, 0) is 0 Å². The van der Waals surface area contributed by atoms with E-state index in [0.717, 1.165) is 26.1 Å². The van der Waals surface area contributed by atoms with E-state index in [1.165, 1.54) is 22.9 Å². The molecule has 1 saturated heterocycles. The second-order valence-electron chi connectivity index (χ2n) is 6.15. The zero-order chi connectivity index (χ0) is 14.0. The number of nitrogens with one attached hydrogen (secondary N) is 1. The summed E-state index contributed by atoms with van der Waals surface area (Å²) in [6.45, 7) is 7.96.